The quantitative estimate of drug-likeness (QED) is 0.325. The number of carboxylic acids is 1. The number of aromatic nitrogens is 2. The van der Waals surface area contributed by atoms with E-state index in [0.29, 0.717) is 6.42 Å². The van der Waals surface area contributed by atoms with Gasteiger partial charge in [0.05, 0.1) is 5.92 Å². The zero-order valence-corrected chi connectivity index (χ0v) is 18.8. The highest BCUT2D eigenvalue weighted by atomic mass is 16.4. The lowest BCUT2D eigenvalue weighted by atomic mass is 9.93. The molecule has 1 heterocycles. The molecule has 0 aliphatic heterocycles. The summed E-state index contributed by atoms with van der Waals surface area (Å²) in [6.45, 7) is 4.41. The van der Waals surface area contributed by atoms with Crippen molar-refractivity contribution < 1.29 is 9.90 Å². The Morgan fingerprint density at radius 2 is 1.43 bits per heavy atom. The Labute approximate surface area is 182 Å². The minimum Gasteiger partial charge on any atom is -0.481 e. The second-order valence-corrected chi connectivity index (χ2v) is 8.36. The van der Waals surface area contributed by atoms with Crippen LogP contribution in [0.15, 0.2) is 36.7 Å². The first-order chi connectivity index (χ1) is 14.6. The Hall–Kier alpha value is -2.23. The molecule has 4 nitrogen and oxygen atoms in total. The molecule has 0 aliphatic carbocycles. The van der Waals surface area contributed by atoms with Gasteiger partial charge in [0, 0.05) is 18.0 Å². The zero-order chi connectivity index (χ0) is 21.6. The van der Waals surface area contributed by atoms with Crippen LogP contribution in [-0.2, 0) is 17.6 Å². The summed E-state index contributed by atoms with van der Waals surface area (Å²) in [6.07, 6.45) is 17.0. The van der Waals surface area contributed by atoms with E-state index < -0.39 is 5.97 Å². The van der Waals surface area contributed by atoms with Crippen molar-refractivity contribution in [1.29, 1.82) is 0 Å². The maximum Gasteiger partial charge on any atom is 0.306 e. The predicted octanol–water partition coefficient (Wildman–Crippen LogP) is 6.87. The van der Waals surface area contributed by atoms with Gasteiger partial charge in [0.1, 0.15) is 0 Å². The molecule has 1 N–H and O–H groups in total. The molecule has 4 heteroatoms. The van der Waals surface area contributed by atoms with Crippen molar-refractivity contribution in [3.8, 4) is 11.4 Å². The van der Waals surface area contributed by atoms with Gasteiger partial charge >= 0.3 is 5.97 Å². The number of carbonyl (C=O) groups is 1. The smallest absolute Gasteiger partial charge is 0.306 e. The molecule has 164 valence electrons. The fourth-order valence-corrected chi connectivity index (χ4v) is 3.77. The molecular weight excluding hydrogens is 372 g/mol. The second-order valence-electron chi connectivity index (χ2n) is 8.36. The van der Waals surface area contributed by atoms with Crippen LogP contribution < -0.4 is 0 Å². The van der Waals surface area contributed by atoms with Crippen LogP contribution in [0.5, 0.6) is 0 Å². The maximum atomic E-state index is 11.7. The van der Waals surface area contributed by atoms with Crippen LogP contribution in [0.2, 0.25) is 0 Å². The van der Waals surface area contributed by atoms with E-state index in [9.17, 15) is 9.90 Å². The van der Waals surface area contributed by atoms with Crippen molar-refractivity contribution in [3.05, 3.63) is 47.8 Å². The van der Waals surface area contributed by atoms with Crippen LogP contribution in [0.25, 0.3) is 11.4 Å². The molecule has 0 saturated carbocycles. The fraction of sp³-hybridized carbons (Fsp3) is 0.577. The van der Waals surface area contributed by atoms with Crippen LogP contribution in [0.1, 0.15) is 89.2 Å². The number of rotatable bonds is 15. The molecule has 0 aliphatic rings. The summed E-state index contributed by atoms with van der Waals surface area (Å²) in [5, 5.41) is 9.59. The Balaban J connectivity index is 1.86. The Kier molecular flexibility index (Phi) is 11.1. The summed E-state index contributed by atoms with van der Waals surface area (Å²) in [5.41, 5.74) is 3.22. The maximum absolute atomic E-state index is 11.7. The highest BCUT2D eigenvalue weighted by molar-refractivity contribution is 5.70. The average Bonchev–Trinajstić information content (AvgIpc) is 2.76. The first-order valence-electron chi connectivity index (χ1n) is 11.8. The van der Waals surface area contributed by atoms with Crippen LogP contribution in [0.3, 0.4) is 0 Å². The van der Waals surface area contributed by atoms with E-state index in [4.69, 9.17) is 0 Å². The van der Waals surface area contributed by atoms with Crippen molar-refractivity contribution in [2.45, 2.75) is 90.9 Å². The number of benzene rings is 1. The molecule has 0 bridgehead atoms. The minimum atomic E-state index is -0.686. The Morgan fingerprint density at radius 3 is 2.07 bits per heavy atom. The summed E-state index contributed by atoms with van der Waals surface area (Å²) in [7, 11) is 0. The summed E-state index contributed by atoms with van der Waals surface area (Å²) in [4.78, 5) is 20.7. The molecule has 1 atom stereocenters. The molecule has 2 rings (SSSR count). The minimum absolute atomic E-state index is 0.305. The van der Waals surface area contributed by atoms with E-state index in [-0.39, 0.29) is 5.92 Å². The molecule has 30 heavy (non-hydrogen) atoms. The van der Waals surface area contributed by atoms with E-state index in [1.807, 2.05) is 36.7 Å². The molecule has 1 aromatic carbocycles. The van der Waals surface area contributed by atoms with Gasteiger partial charge in [-0.3, -0.25) is 4.79 Å². The van der Waals surface area contributed by atoms with Gasteiger partial charge in [-0.25, -0.2) is 9.97 Å². The van der Waals surface area contributed by atoms with Crippen LogP contribution >= 0.6 is 0 Å². The van der Waals surface area contributed by atoms with Crippen LogP contribution in [0.4, 0.5) is 0 Å². The summed E-state index contributed by atoms with van der Waals surface area (Å²) < 4.78 is 0. The topological polar surface area (TPSA) is 63.1 Å². The number of nitrogens with zero attached hydrogens (tertiary/aromatic N) is 2. The van der Waals surface area contributed by atoms with E-state index in [1.54, 1.807) is 0 Å². The van der Waals surface area contributed by atoms with Gasteiger partial charge in [-0.2, -0.15) is 0 Å². The molecule has 0 fully saturated rings. The lowest BCUT2D eigenvalue weighted by Gasteiger charge is -2.13. The molecule has 2 aromatic rings. The van der Waals surface area contributed by atoms with Crippen LogP contribution in [0, 0.1) is 5.92 Å². The molecule has 1 aromatic heterocycles. The number of hydrogen-bond acceptors (Lipinski definition) is 3. The second kappa shape index (κ2) is 13.9. The summed E-state index contributed by atoms with van der Waals surface area (Å²) in [5.74, 6) is -0.266. The van der Waals surface area contributed by atoms with Gasteiger partial charge in [-0.05, 0) is 36.8 Å². The van der Waals surface area contributed by atoms with Crippen molar-refractivity contribution in [3.63, 3.8) is 0 Å². The zero-order valence-electron chi connectivity index (χ0n) is 18.8. The number of aryl methyl sites for hydroxylation is 1. The van der Waals surface area contributed by atoms with E-state index in [2.05, 4.69) is 23.8 Å². The number of aliphatic carboxylic acids is 1. The third kappa shape index (κ3) is 8.64. The highest BCUT2D eigenvalue weighted by Crippen LogP contribution is 2.21. The van der Waals surface area contributed by atoms with Crippen molar-refractivity contribution in [2.24, 2.45) is 5.92 Å². The van der Waals surface area contributed by atoms with Gasteiger partial charge in [-0.15, -0.1) is 0 Å². The highest BCUT2D eigenvalue weighted by Gasteiger charge is 2.17. The number of carboxylic acid groups (broad SMARTS) is 1. The van der Waals surface area contributed by atoms with E-state index in [0.717, 1.165) is 42.6 Å². The molecule has 0 saturated heterocycles. The van der Waals surface area contributed by atoms with Gasteiger partial charge in [0.25, 0.3) is 0 Å². The van der Waals surface area contributed by atoms with Gasteiger partial charge in [0.2, 0.25) is 0 Å². The standard InChI is InChI=1S/C26H38N2O2/c1-3-5-7-8-9-11-13-24(26(29)30)18-21-14-16-23(17-15-21)25-27-19-22(20-28-25)12-10-6-4-2/h14-17,19-20,24H,3-13,18H2,1-2H3,(H,29,30). The van der Waals surface area contributed by atoms with Gasteiger partial charge in [0.15, 0.2) is 5.82 Å². The number of unbranched alkanes of at least 4 members (excludes halogenated alkanes) is 7. The monoisotopic (exact) mass is 410 g/mol. The van der Waals surface area contributed by atoms with Gasteiger partial charge in [-0.1, -0.05) is 89.5 Å². The summed E-state index contributed by atoms with van der Waals surface area (Å²) in [6, 6.07) is 8.05. The third-order valence-corrected chi connectivity index (χ3v) is 5.72. The largest absolute Gasteiger partial charge is 0.481 e. The van der Waals surface area contributed by atoms with Crippen molar-refractivity contribution >= 4 is 5.97 Å². The normalized spacial score (nSPS) is 12.1. The average molecular weight is 411 g/mol. The predicted molar refractivity (Wildman–Crippen MR) is 124 cm³/mol. The molecule has 0 amide bonds. The lowest BCUT2D eigenvalue weighted by molar-refractivity contribution is -0.142. The number of hydrogen-bond donors (Lipinski definition) is 1. The SMILES string of the molecule is CCCCCCCCC(Cc1ccc(-c2ncc(CCCCC)cn2)cc1)C(=O)O. The lowest BCUT2D eigenvalue weighted by Crippen LogP contribution is -2.16. The Bertz CT molecular complexity index is 726. The molecular formula is C26H38N2O2. The fourth-order valence-electron chi connectivity index (χ4n) is 3.77. The first-order valence-corrected chi connectivity index (χ1v) is 11.8. The van der Waals surface area contributed by atoms with E-state index >= 15 is 0 Å². The third-order valence-electron chi connectivity index (χ3n) is 5.72. The summed E-state index contributed by atoms with van der Waals surface area (Å²) >= 11 is 0. The Morgan fingerprint density at radius 1 is 0.833 bits per heavy atom. The van der Waals surface area contributed by atoms with E-state index in [1.165, 1.54) is 50.5 Å². The van der Waals surface area contributed by atoms with Crippen molar-refractivity contribution in [2.75, 3.05) is 0 Å². The van der Waals surface area contributed by atoms with Crippen molar-refractivity contribution in [1.82, 2.24) is 9.97 Å². The molecule has 0 spiro atoms. The molecule has 1 unspecified atom stereocenters. The van der Waals surface area contributed by atoms with Crippen LogP contribution in [-0.4, -0.2) is 21.0 Å². The first kappa shape index (κ1) is 24.0. The molecule has 0 radical (unpaired) electrons. The van der Waals surface area contributed by atoms with Gasteiger partial charge < -0.3 is 5.11 Å².